The minimum Gasteiger partial charge on any atom is -0.351 e. The van der Waals surface area contributed by atoms with Crippen LogP contribution in [0.25, 0.3) is 0 Å². The van der Waals surface area contributed by atoms with Gasteiger partial charge in [0.2, 0.25) is 0 Å². The molecule has 3 aliphatic rings. The third-order valence-electron chi connectivity index (χ3n) is 4.82. The maximum atomic E-state index is 14.5. The Labute approximate surface area is 146 Å². The second-order valence-electron chi connectivity index (χ2n) is 6.75. The third kappa shape index (κ3) is 2.82. The van der Waals surface area contributed by atoms with Crippen molar-refractivity contribution in [2.24, 2.45) is 9.98 Å². The third-order valence-corrected chi connectivity index (χ3v) is 4.82. The molecule has 3 aliphatic heterocycles. The summed E-state index contributed by atoms with van der Waals surface area (Å²) in [6.45, 7) is 5.54. The summed E-state index contributed by atoms with van der Waals surface area (Å²) in [7, 11) is 2.09. The van der Waals surface area contributed by atoms with Gasteiger partial charge in [-0.05, 0) is 32.5 Å². The fraction of sp³-hybridized carbons (Fsp3) is 0.444. The first-order chi connectivity index (χ1) is 12.0. The highest BCUT2D eigenvalue weighted by Crippen LogP contribution is 2.38. The van der Waals surface area contributed by atoms with Crippen molar-refractivity contribution in [2.45, 2.75) is 19.4 Å². The number of halogens is 2. The fourth-order valence-corrected chi connectivity index (χ4v) is 3.35. The number of piperazine rings is 1. The van der Waals surface area contributed by atoms with Crippen LogP contribution in [0.2, 0.25) is 0 Å². The van der Waals surface area contributed by atoms with Crippen molar-refractivity contribution in [1.29, 1.82) is 0 Å². The number of nitrogens with zero attached hydrogens (tertiary/aromatic N) is 5. The van der Waals surface area contributed by atoms with E-state index in [1.165, 1.54) is 6.07 Å². The Morgan fingerprint density at radius 3 is 2.60 bits per heavy atom. The highest BCUT2D eigenvalue weighted by atomic mass is 19.2. The van der Waals surface area contributed by atoms with Gasteiger partial charge in [-0.2, -0.15) is 0 Å². The Morgan fingerprint density at radius 1 is 1.08 bits per heavy atom. The minimum atomic E-state index is -0.884. The lowest BCUT2D eigenvalue weighted by atomic mass is 10.1. The summed E-state index contributed by atoms with van der Waals surface area (Å²) in [6, 6.07) is 2.72. The van der Waals surface area contributed by atoms with Crippen LogP contribution in [0.4, 0.5) is 20.2 Å². The molecule has 0 bridgehead atoms. The number of rotatable bonds is 0. The van der Waals surface area contributed by atoms with Gasteiger partial charge >= 0.3 is 0 Å². The monoisotopic (exact) mass is 345 g/mol. The van der Waals surface area contributed by atoms with Crippen LogP contribution in [0.15, 0.2) is 34.4 Å². The summed E-state index contributed by atoms with van der Waals surface area (Å²) < 4.78 is 28.3. The zero-order valence-corrected chi connectivity index (χ0v) is 14.4. The second-order valence-corrected chi connectivity index (χ2v) is 6.75. The number of likely N-dealkylation sites (N-methyl/N-ethyl adjacent to an activating group) is 1. The van der Waals surface area contributed by atoms with E-state index in [-0.39, 0.29) is 11.7 Å². The lowest BCUT2D eigenvalue weighted by molar-refractivity contribution is 0.217. The van der Waals surface area contributed by atoms with Crippen molar-refractivity contribution in [3.8, 4) is 0 Å². The molecule has 1 aromatic rings. The molecular formula is C18H21F2N5. The normalized spacial score (nSPS) is 23.6. The average Bonchev–Trinajstić information content (AvgIpc) is 2.79. The van der Waals surface area contributed by atoms with E-state index in [0.29, 0.717) is 11.5 Å². The molecule has 1 aromatic carbocycles. The molecule has 132 valence electrons. The predicted octanol–water partition coefficient (Wildman–Crippen LogP) is 2.77. The van der Waals surface area contributed by atoms with Gasteiger partial charge in [-0.25, -0.2) is 13.8 Å². The van der Waals surface area contributed by atoms with E-state index in [1.807, 2.05) is 13.0 Å². The molecule has 0 amide bonds. The van der Waals surface area contributed by atoms with E-state index >= 15 is 0 Å². The van der Waals surface area contributed by atoms with E-state index < -0.39 is 11.6 Å². The van der Waals surface area contributed by atoms with Crippen LogP contribution in [0.1, 0.15) is 13.3 Å². The van der Waals surface area contributed by atoms with Gasteiger partial charge in [0.05, 0.1) is 11.7 Å². The molecule has 0 radical (unpaired) electrons. The molecule has 5 nitrogen and oxygen atoms in total. The molecule has 1 unspecified atom stereocenters. The zero-order chi connectivity index (χ0) is 17.6. The summed E-state index contributed by atoms with van der Waals surface area (Å²) in [6.07, 6.45) is 4.49. The lowest BCUT2D eigenvalue weighted by Gasteiger charge is -2.38. The SMILES string of the molecule is CC1CC=CN2C(=N1)C(N1CCN(C)CC1)=Nc1ccc(F)c(F)c12. The molecule has 0 aromatic heterocycles. The van der Waals surface area contributed by atoms with E-state index in [4.69, 9.17) is 4.99 Å². The number of hydrogen-bond acceptors (Lipinski definition) is 5. The van der Waals surface area contributed by atoms with E-state index in [0.717, 1.165) is 44.5 Å². The van der Waals surface area contributed by atoms with Crippen LogP contribution in [0, 0.1) is 11.6 Å². The average molecular weight is 345 g/mol. The summed E-state index contributed by atoms with van der Waals surface area (Å²) in [5.74, 6) is -0.416. The van der Waals surface area contributed by atoms with Crippen LogP contribution in [0.5, 0.6) is 0 Å². The molecule has 1 fully saturated rings. The largest absolute Gasteiger partial charge is 0.351 e. The molecular weight excluding hydrogens is 324 g/mol. The fourth-order valence-electron chi connectivity index (χ4n) is 3.35. The van der Waals surface area contributed by atoms with Gasteiger partial charge in [0.25, 0.3) is 0 Å². The van der Waals surface area contributed by atoms with Crippen molar-refractivity contribution >= 4 is 23.0 Å². The Balaban J connectivity index is 1.86. The highest BCUT2D eigenvalue weighted by Gasteiger charge is 2.34. The molecule has 0 N–H and O–H groups in total. The van der Waals surface area contributed by atoms with E-state index in [2.05, 4.69) is 21.8 Å². The quantitative estimate of drug-likeness (QED) is 0.725. The van der Waals surface area contributed by atoms with Crippen LogP contribution < -0.4 is 4.90 Å². The summed E-state index contributed by atoms with van der Waals surface area (Å²) >= 11 is 0. The molecule has 7 heteroatoms. The van der Waals surface area contributed by atoms with Gasteiger partial charge in [-0.1, -0.05) is 6.08 Å². The summed E-state index contributed by atoms with van der Waals surface area (Å²) in [5.41, 5.74) is 0.577. The van der Waals surface area contributed by atoms with Crippen molar-refractivity contribution in [3.05, 3.63) is 36.0 Å². The Morgan fingerprint density at radius 2 is 1.84 bits per heavy atom. The van der Waals surface area contributed by atoms with Gasteiger partial charge < -0.3 is 9.80 Å². The minimum absolute atomic E-state index is 0.0621. The predicted molar refractivity (Wildman–Crippen MR) is 95.7 cm³/mol. The van der Waals surface area contributed by atoms with E-state index in [9.17, 15) is 8.78 Å². The lowest BCUT2D eigenvalue weighted by Crippen LogP contribution is -2.53. The molecule has 0 aliphatic carbocycles. The summed E-state index contributed by atoms with van der Waals surface area (Å²) in [4.78, 5) is 15.5. The molecule has 4 rings (SSSR count). The number of amidine groups is 2. The van der Waals surface area contributed by atoms with Crippen LogP contribution in [-0.2, 0) is 0 Å². The first kappa shape index (κ1) is 16.2. The van der Waals surface area contributed by atoms with Gasteiger partial charge in [-0.15, -0.1) is 0 Å². The first-order valence-electron chi connectivity index (χ1n) is 8.59. The number of benzene rings is 1. The van der Waals surface area contributed by atoms with Gasteiger partial charge in [0.1, 0.15) is 5.69 Å². The van der Waals surface area contributed by atoms with Crippen molar-refractivity contribution in [2.75, 3.05) is 38.1 Å². The Kier molecular flexibility index (Phi) is 4.03. The van der Waals surface area contributed by atoms with Crippen molar-refractivity contribution in [3.63, 3.8) is 0 Å². The number of hydrogen-bond donors (Lipinski definition) is 0. The molecule has 3 heterocycles. The standard InChI is InChI=1S/C18H21F2N5/c1-12-4-3-7-25-16-14(6-5-13(19)15(16)20)22-17(18(25)21-12)24-10-8-23(2)9-11-24/h3,5-7,12H,4,8-11H2,1-2H3. The van der Waals surface area contributed by atoms with Gasteiger partial charge in [-0.3, -0.25) is 9.89 Å². The highest BCUT2D eigenvalue weighted by molar-refractivity contribution is 6.47. The maximum absolute atomic E-state index is 14.5. The Bertz CT molecular complexity index is 778. The summed E-state index contributed by atoms with van der Waals surface area (Å²) in [5, 5.41) is 0. The maximum Gasteiger partial charge on any atom is 0.185 e. The van der Waals surface area contributed by atoms with Gasteiger partial charge in [0, 0.05) is 32.4 Å². The Hall–Kier alpha value is -2.28. The number of fused-ring (bicyclic) bond motifs is 3. The van der Waals surface area contributed by atoms with Crippen LogP contribution in [0.3, 0.4) is 0 Å². The molecule has 1 saturated heterocycles. The molecule has 0 saturated carbocycles. The number of aliphatic imine (C=N–C) groups is 2. The number of anilines is 1. The van der Waals surface area contributed by atoms with Gasteiger partial charge in [0.15, 0.2) is 23.3 Å². The topological polar surface area (TPSA) is 34.4 Å². The smallest absolute Gasteiger partial charge is 0.185 e. The second kappa shape index (κ2) is 6.22. The molecule has 25 heavy (non-hydrogen) atoms. The van der Waals surface area contributed by atoms with Crippen LogP contribution >= 0.6 is 0 Å². The molecule has 0 spiro atoms. The van der Waals surface area contributed by atoms with Crippen molar-refractivity contribution < 1.29 is 8.78 Å². The van der Waals surface area contributed by atoms with Crippen LogP contribution in [-0.4, -0.2) is 60.7 Å². The zero-order valence-electron chi connectivity index (χ0n) is 14.4. The molecule has 1 atom stereocenters. The van der Waals surface area contributed by atoms with Crippen molar-refractivity contribution in [1.82, 2.24) is 9.80 Å². The van der Waals surface area contributed by atoms with E-state index in [1.54, 1.807) is 11.1 Å². The first-order valence-corrected chi connectivity index (χ1v) is 8.59.